The van der Waals surface area contributed by atoms with Crippen LogP contribution in [0.25, 0.3) is 0 Å². The number of anilines is 1. The molecule has 4 N–H and O–H groups in total. The van der Waals surface area contributed by atoms with Crippen LogP contribution in [0, 0.1) is 11.8 Å². The van der Waals surface area contributed by atoms with Crippen molar-refractivity contribution < 1.29 is 14.3 Å². The fraction of sp³-hybridized carbons (Fsp3) is 0.750. The van der Waals surface area contributed by atoms with Gasteiger partial charge in [-0.2, -0.15) is 0 Å². The molecule has 2 aliphatic heterocycles. The van der Waals surface area contributed by atoms with Crippen LogP contribution in [-0.2, 0) is 20.7 Å². The second-order valence-corrected chi connectivity index (χ2v) is 7.75. The molecule has 0 aromatic carbocycles. The van der Waals surface area contributed by atoms with Crippen molar-refractivity contribution in [1.29, 1.82) is 0 Å². The van der Waals surface area contributed by atoms with Gasteiger partial charge < -0.3 is 26.0 Å². The third-order valence-electron chi connectivity index (χ3n) is 4.74. The second-order valence-electron chi connectivity index (χ2n) is 6.65. The highest BCUT2D eigenvalue weighted by Gasteiger charge is 2.33. The molecule has 2 fully saturated rings. The van der Waals surface area contributed by atoms with Gasteiger partial charge in [-0.05, 0) is 12.8 Å². The van der Waals surface area contributed by atoms with Crippen molar-refractivity contribution in [2.45, 2.75) is 19.3 Å². The molecule has 2 amide bonds. The largest absolute Gasteiger partial charge is 0.378 e. The summed E-state index contributed by atoms with van der Waals surface area (Å²) < 4.78 is 5.30. The van der Waals surface area contributed by atoms with Crippen LogP contribution in [0.4, 0.5) is 5.13 Å². The first-order valence-electron chi connectivity index (χ1n) is 9.06. The van der Waals surface area contributed by atoms with Crippen molar-refractivity contribution in [3.8, 4) is 0 Å². The monoisotopic (exact) mass is 382 g/mol. The Labute approximate surface area is 156 Å². The first-order chi connectivity index (χ1) is 12.6. The average molecular weight is 382 g/mol. The molecular weight excluding hydrogens is 356 g/mol. The number of hydrogen-bond acceptors (Lipinski definition) is 8. The molecule has 26 heavy (non-hydrogen) atoms. The molecule has 0 radical (unpaired) electrons. The minimum absolute atomic E-state index is 0.00811. The number of carbonyl (C=O) groups is 2. The third kappa shape index (κ3) is 5.12. The maximum Gasteiger partial charge on any atom is 0.227 e. The smallest absolute Gasteiger partial charge is 0.227 e. The molecule has 3 heterocycles. The number of aromatic nitrogens is 2. The molecule has 9 nitrogen and oxygen atoms in total. The summed E-state index contributed by atoms with van der Waals surface area (Å²) in [5.41, 5.74) is 5.55. The van der Waals surface area contributed by atoms with Crippen LogP contribution in [0.5, 0.6) is 0 Å². The van der Waals surface area contributed by atoms with Crippen LogP contribution < -0.4 is 16.4 Å². The number of hydrogen-bond donors (Lipinski definition) is 3. The van der Waals surface area contributed by atoms with Gasteiger partial charge in [-0.15, -0.1) is 10.2 Å². The number of amides is 2. The lowest BCUT2D eigenvalue weighted by molar-refractivity contribution is -0.141. The maximum atomic E-state index is 12.6. The summed E-state index contributed by atoms with van der Waals surface area (Å²) in [6, 6.07) is 0. The van der Waals surface area contributed by atoms with Crippen molar-refractivity contribution >= 4 is 28.3 Å². The molecule has 2 atom stereocenters. The van der Waals surface area contributed by atoms with E-state index in [2.05, 4.69) is 20.8 Å². The van der Waals surface area contributed by atoms with Crippen LogP contribution in [0.3, 0.4) is 0 Å². The van der Waals surface area contributed by atoms with Crippen molar-refractivity contribution in [1.82, 2.24) is 25.7 Å². The number of piperidine rings is 1. The zero-order valence-corrected chi connectivity index (χ0v) is 15.6. The lowest BCUT2D eigenvalue weighted by Gasteiger charge is -2.34. The summed E-state index contributed by atoms with van der Waals surface area (Å²) in [6.45, 7) is 4.30. The summed E-state index contributed by atoms with van der Waals surface area (Å²) in [5, 5.41) is 15.3. The summed E-state index contributed by atoms with van der Waals surface area (Å²) in [7, 11) is 0. The van der Waals surface area contributed by atoms with Crippen molar-refractivity contribution in [3.05, 3.63) is 5.01 Å². The SMILES string of the molecule is Nc1nnc(CCCNC(=O)[C@H]2CNC[C@H](C(=O)N3CCOCC3)C2)s1. The zero-order chi connectivity index (χ0) is 18.4. The number of ether oxygens (including phenoxy) is 1. The first-order valence-corrected chi connectivity index (χ1v) is 9.88. The Morgan fingerprint density at radius 1 is 1.27 bits per heavy atom. The van der Waals surface area contributed by atoms with E-state index in [1.165, 1.54) is 11.3 Å². The second kappa shape index (κ2) is 9.24. The van der Waals surface area contributed by atoms with Gasteiger partial charge >= 0.3 is 0 Å². The fourth-order valence-corrected chi connectivity index (χ4v) is 3.99. The van der Waals surface area contributed by atoms with Crippen molar-refractivity contribution in [3.63, 3.8) is 0 Å². The van der Waals surface area contributed by atoms with Gasteiger partial charge in [0.15, 0.2) is 0 Å². The van der Waals surface area contributed by atoms with Crippen LogP contribution in [0.2, 0.25) is 0 Å². The Hall–Kier alpha value is -1.78. The van der Waals surface area contributed by atoms with E-state index in [1.807, 2.05) is 4.90 Å². The predicted molar refractivity (Wildman–Crippen MR) is 97.5 cm³/mol. The number of rotatable bonds is 6. The quantitative estimate of drug-likeness (QED) is 0.554. The van der Waals surface area contributed by atoms with E-state index in [0.29, 0.717) is 57.5 Å². The van der Waals surface area contributed by atoms with Crippen molar-refractivity contribution in [2.75, 3.05) is 51.7 Å². The van der Waals surface area contributed by atoms with Gasteiger partial charge in [0, 0.05) is 39.1 Å². The highest BCUT2D eigenvalue weighted by Crippen LogP contribution is 2.20. The third-order valence-corrected chi connectivity index (χ3v) is 5.55. The van der Waals surface area contributed by atoms with Gasteiger partial charge in [0.25, 0.3) is 0 Å². The summed E-state index contributed by atoms with van der Waals surface area (Å²) >= 11 is 1.37. The molecular formula is C16H26N6O3S. The number of nitrogen functional groups attached to an aromatic ring is 1. The molecule has 10 heteroatoms. The number of morpholine rings is 1. The lowest BCUT2D eigenvalue weighted by Crippen LogP contribution is -2.51. The highest BCUT2D eigenvalue weighted by atomic mass is 32.1. The lowest BCUT2D eigenvalue weighted by atomic mass is 9.88. The normalized spacial score (nSPS) is 23.6. The molecule has 0 aliphatic carbocycles. The number of carbonyl (C=O) groups excluding carboxylic acids is 2. The number of nitrogens with one attached hydrogen (secondary N) is 2. The molecule has 0 unspecified atom stereocenters. The van der Waals surface area contributed by atoms with Crippen LogP contribution in [-0.4, -0.2) is 72.8 Å². The summed E-state index contributed by atoms with van der Waals surface area (Å²) in [5.74, 6) is -0.168. The molecule has 0 bridgehead atoms. The van der Waals surface area contributed by atoms with E-state index >= 15 is 0 Å². The molecule has 0 spiro atoms. The fourth-order valence-electron chi connectivity index (χ4n) is 3.33. The van der Waals surface area contributed by atoms with E-state index in [9.17, 15) is 9.59 Å². The molecule has 3 rings (SSSR count). The minimum atomic E-state index is -0.170. The Kier molecular flexibility index (Phi) is 6.75. The van der Waals surface area contributed by atoms with Gasteiger partial charge in [0.05, 0.1) is 25.0 Å². The summed E-state index contributed by atoms with van der Waals surface area (Å²) in [4.78, 5) is 26.9. The van der Waals surface area contributed by atoms with E-state index < -0.39 is 0 Å². The van der Waals surface area contributed by atoms with Crippen LogP contribution in [0.1, 0.15) is 17.8 Å². The average Bonchev–Trinajstić information content (AvgIpc) is 3.10. The molecule has 1 aromatic rings. The standard InChI is InChI=1S/C16H26N6O3S/c17-16-21-20-13(26-16)2-1-3-19-14(23)11-8-12(10-18-9-11)15(24)22-4-6-25-7-5-22/h11-12,18H,1-10H2,(H2,17,21)(H,19,23)/t11-,12-/m1/s1. The first kappa shape index (κ1) is 19.0. The number of nitrogens with two attached hydrogens (primary N) is 1. The van der Waals surface area contributed by atoms with Gasteiger partial charge in [0.2, 0.25) is 16.9 Å². The van der Waals surface area contributed by atoms with E-state index in [0.717, 1.165) is 17.8 Å². The van der Waals surface area contributed by atoms with E-state index in [-0.39, 0.29) is 23.7 Å². The van der Waals surface area contributed by atoms with E-state index in [1.54, 1.807) is 0 Å². The number of nitrogens with zero attached hydrogens (tertiary/aromatic N) is 3. The minimum Gasteiger partial charge on any atom is -0.378 e. The molecule has 1 aromatic heterocycles. The van der Waals surface area contributed by atoms with Crippen LogP contribution in [0.15, 0.2) is 0 Å². The van der Waals surface area contributed by atoms with Gasteiger partial charge in [-0.1, -0.05) is 11.3 Å². The van der Waals surface area contributed by atoms with Gasteiger partial charge in [-0.25, -0.2) is 0 Å². The van der Waals surface area contributed by atoms with E-state index in [4.69, 9.17) is 10.5 Å². The molecule has 0 saturated carbocycles. The molecule has 144 valence electrons. The topological polar surface area (TPSA) is 122 Å². The Balaban J connectivity index is 1.40. The highest BCUT2D eigenvalue weighted by molar-refractivity contribution is 7.15. The van der Waals surface area contributed by atoms with Crippen LogP contribution >= 0.6 is 11.3 Å². The zero-order valence-electron chi connectivity index (χ0n) is 14.8. The summed E-state index contributed by atoms with van der Waals surface area (Å²) in [6.07, 6.45) is 2.13. The Bertz CT molecular complexity index is 619. The molecule has 2 saturated heterocycles. The Morgan fingerprint density at radius 3 is 2.77 bits per heavy atom. The van der Waals surface area contributed by atoms with Gasteiger partial charge in [0.1, 0.15) is 5.01 Å². The maximum absolute atomic E-state index is 12.6. The number of aryl methyl sites for hydroxylation is 1. The predicted octanol–water partition coefficient (Wildman–Crippen LogP) is -0.746. The molecule has 2 aliphatic rings. The Morgan fingerprint density at radius 2 is 2.04 bits per heavy atom. The van der Waals surface area contributed by atoms with Crippen molar-refractivity contribution in [2.24, 2.45) is 11.8 Å². The van der Waals surface area contributed by atoms with Gasteiger partial charge in [-0.3, -0.25) is 9.59 Å².